The van der Waals surface area contributed by atoms with Gasteiger partial charge in [-0.15, -0.1) is 0 Å². The lowest BCUT2D eigenvalue weighted by Crippen LogP contribution is -2.14. The second kappa shape index (κ2) is 7.53. The summed E-state index contributed by atoms with van der Waals surface area (Å²) < 4.78 is 6.19. The fourth-order valence-electron chi connectivity index (χ4n) is 3.54. The summed E-state index contributed by atoms with van der Waals surface area (Å²) in [6, 6.07) is 18.3. The van der Waals surface area contributed by atoms with Crippen LogP contribution in [-0.2, 0) is 6.42 Å². The third-order valence-electron chi connectivity index (χ3n) is 4.97. The molecular weight excluding hydrogens is 348 g/mol. The van der Waals surface area contributed by atoms with Crippen molar-refractivity contribution < 1.29 is 4.74 Å². The summed E-state index contributed by atoms with van der Waals surface area (Å²) in [5, 5.41) is 9.49. The van der Waals surface area contributed by atoms with Crippen LogP contribution in [0.3, 0.4) is 0 Å². The van der Waals surface area contributed by atoms with Crippen LogP contribution in [0.4, 0.5) is 11.6 Å². The quantitative estimate of drug-likeness (QED) is 0.634. The summed E-state index contributed by atoms with van der Waals surface area (Å²) in [4.78, 5) is 10.7. The van der Waals surface area contributed by atoms with Crippen LogP contribution < -0.4 is 9.64 Å². The van der Waals surface area contributed by atoms with Gasteiger partial charge in [-0.2, -0.15) is 10.2 Å². The van der Waals surface area contributed by atoms with Gasteiger partial charge < -0.3 is 4.74 Å². The van der Waals surface area contributed by atoms with E-state index in [2.05, 4.69) is 34.7 Å². The molecule has 3 aromatic rings. The van der Waals surface area contributed by atoms with Gasteiger partial charge in [0.15, 0.2) is 0 Å². The molecule has 5 nitrogen and oxygen atoms in total. The van der Waals surface area contributed by atoms with Gasteiger partial charge in [0.05, 0.1) is 11.9 Å². The molecule has 0 saturated heterocycles. The van der Waals surface area contributed by atoms with Crippen molar-refractivity contribution in [3.63, 3.8) is 0 Å². The van der Waals surface area contributed by atoms with Crippen LogP contribution in [-0.4, -0.2) is 9.97 Å². The van der Waals surface area contributed by atoms with E-state index in [4.69, 9.17) is 4.74 Å². The summed E-state index contributed by atoms with van der Waals surface area (Å²) >= 11 is 0. The van der Waals surface area contributed by atoms with Crippen LogP contribution in [0.1, 0.15) is 34.8 Å². The van der Waals surface area contributed by atoms with Gasteiger partial charge in [0.25, 0.3) is 0 Å². The molecule has 1 heterocycles. The third kappa shape index (κ3) is 3.21. The normalized spacial score (nSPS) is 14.8. The van der Waals surface area contributed by atoms with Crippen molar-refractivity contribution in [2.75, 3.05) is 4.90 Å². The minimum Gasteiger partial charge on any atom is -0.468 e. The number of aryl methyl sites for hydroxylation is 2. The van der Waals surface area contributed by atoms with E-state index < -0.39 is 0 Å². The Kier molecular flexibility index (Phi) is 4.77. The fourth-order valence-corrected chi connectivity index (χ4v) is 3.54. The lowest BCUT2D eigenvalue weighted by atomic mass is 10.1. The minimum atomic E-state index is -0.110. The Hall–Kier alpha value is -3.65. The molecule has 138 valence electrons. The molecule has 0 saturated carbocycles. The first-order valence-electron chi connectivity index (χ1n) is 9.20. The van der Waals surface area contributed by atoms with Crippen LogP contribution in [0.2, 0.25) is 0 Å². The van der Waals surface area contributed by atoms with E-state index in [0.717, 1.165) is 29.7 Å². The average Bonchev–Trinajstić information content (AvgIpc) is 3.13. The number of ether oxygens (including phenoxy) is 1. The molecule has 1 unspecified atom stereocenters. The van der Waals surface area contributed by atoms with Crippen molar-refractivity contribution in [3.8, 4) is 11.9 Å². The van der Waals surface area contributed by atoms with Gasteiger partial charge >= 0.3 is 0 Å². The Morgan fingerprint density at radius 1 is 1.21 bits per heavy atom. The highest BCUT2D eigenvalue weighted by molar-refractivity contribution is 5.64. The highest BCUT2D eigenvalue weighted by Gasteiger charge is 2.25. The molecule has 1 aliphatic carbocycles. The van der Waals surface area contributed by atoms with Crippen molar-refractivity contribution in [2.45, 2.75) is 25.9 Å². The summed E-state index contributed by atoms with van der Waals surface area (Å²) in [6.07, 6.45) is 4.89. The Morgan fingerprint density at radius 2 is 2.00 bits per heavy atom. The average molecular weight is 368 g/mol. The van der Waals surface area contributed by atoms with Gasteiger partial charge in [-0.1, -0.05) is 49.0 Å². The summed E-state index contributed by atoms with van der Waals surface area (Å²) in [7, 11) is 0. The van der Waals surface area contributed by atoms with Gasteiger partial charge in [-0.25, -0.2) is 4.98 Å². The molecule has 0 fully saturated rings. The molecule has 0 spiro atoms. The Bertz CT molecular complexity index is 1070. The smallest absolute Gasteiger partial charge is 0.237 e. The topological polar surface area (TPSA) is 62.0 Å². The second-order valence-electron chi connectivity index (χ2n) is 6.68. The second-order valence-corrected chi connectivity index (χ2v) is 6.68. The molecule has 4 rings (SSSR count). The molecule has 5 heteroatoms. The number of aromatic nitrogens is 2. The van der Waals surface area contributed by atoms with Crippen LogP contribution in [0.25, 0.3) is 0 Å². The zero-order valence-electron chi connectivity index (χ0n) is 15.7. The van der Waals surface area contributed by atoms with Gasteiger partial charge in [-0.05, 0) is 42.5 Å². The summed E-state index contributed by atoms with van der Waals surface area (Å²) in [5.41, 5.74) is 4.77. The predicted molar refractivity (Wildman–Crippen MR) is 108 cm³/mol. The monoisotopic (exact) mass is 368 g/mol. The number of nitriles is 1. The number of anilines is 2. The number of fused-ring (bicyclic) bond motifs is 1. The van der Waals surface area contributed by atoms with E-state index in [-0.39, 0.29) is 6.10 Å². The molecule has 0 amide bonds. The van der Waals surface area contributed by atoms with Crippen LogP contribution in [0.15, 0.2) is 67.5 Å². The molecule has 1 atom stereocenters. The van der Waals surface area contributed by atoms with Crippen LogP contribution >= 0.6 is 0 Å². The first-order chi connectivity index (χ1) is 13.7. The number of para-hydroxylation sites is 1. The molecule has 0 bridgehead atoms. The number of benzene rings is 2. The van der Waals surface area contributed by atoms with Gasteiger partial charge in [-0.3, -0.25) is 4.90 Å². The van der Waals surface area contributed by atoms with E-state index in [1.165, 1.54) is 11.8 Å². The third-order valence-corrected chi connectivity index (χ3v) is 4.97. The van der Waals surface area contributed by atoms with E-state index in [1.807, 2.05) is 43.3 Å². The zero-order chi connectivity index (χ0) is 19.5. The van der Waals surface area contributed by atoms with Gasteiger partial charge in [0.2, 0.25) is 11.8 Å². The van der Waals surface area contributed by atoms with Crippen molar-refractivity contribution in [2.24, 2.45) is 0 Å². The number of nitrogens with zero attached hydrogens (tertiary/aromatic N) is 4. The Labute approximate surface area is 164 Å². The highest BCUT2D eigenvalue weighted by atomic mass is 16.5. The number of rotatable bonds is 5. The molecular formula is C23H20N4O. The van der Waals surface area contributed by atoms with Gasteiger partial charge in [0.1, 0.15) is 17.7 Å². The van der Waals surface area contributed by atoms with Crippen molar-refractivity contribution in [1.29, 1.82) is 5.26 Å². The molecule has 28 heavy (non-hydrogen) atoms. The van der Waals surface area contributed by atoms with Crippen molar-refractivity contribution in [3.05, 3.63) is 89.8 Å². The highest BCUT2D eigenvalue weighted by Crippen LogP contribution is 2.36. The largest absolute Gasteiger partial charge is 0.468 e. The first-order valence-corrected chi connectivity index (χ1v) is 9.20. The molecule has 1 aliphatic rings. The van der Waals surface area contributed by atoms with Crippen LogP contribution in [0, 0.1) is 18.3 Å². The maximum atomic E-state index is 9.49. The SMILES string of the molecule is C=CN(c1ncc(C#N)c(OC2CCc3ccccc32)n1)c1ccccc1C. The minimum absolute atomic E-state index is 0.110. The first kappa shape index (κ1) is 17.7. The Balaban J connectivity index is 1.70. The Morgan fingerprint density at radius 3 is 2.79 bits per heavy atom. The van der Waals surface area contributed by atoms with Crippen molar-refractivity contribution in [1.82, 2.24) is 9.97 Å². The van der Waals surface area contributed by atoms with E-state index in [9.17, 15) is 5.26 Å². The molecule has 2 aromatic carbocycles. The molecule has 1 aromatic heterocycles. The standard InChI is InChI=1S/C23H20N4O/c1-3-27(20-11-7-4-8-16(20)2)23-25-15-18(14-24)22(26-23)28-21-13-12-17-9-5-6-10-19(17)21/h3-11,15,21H,1,12-13H2,2H3. The fraction of sp³-hybridized carbons (Fsp3) is 0.174. The molecule has 0 N–H and O–H groups in total. The maximum absolute atomic E-state index is 9.49. The maximum Gasteiger partial charge on any atom is 0.237 e. The van der Waals surface area contributed by atoms with E-state index >= 15 is 0 Å². The van der Waals surface area contributed by atoms with Crippen molar-refractivity contribution >= 4 is 11.6 Å². The lowest BCUT2D eigenvalue weighted by Gasteiger charge is -2.21. The molecule has 0 radical (unpaired) electrons. The lowest BCUT2D eigenvalue weighted by molar-refractivity contribution is 0.198. The zero-order valence-corrected chi connectivity index (χ0v) is 15.7. The van der Waals surface area contributed by atoms with Gasteiger partial charge in [0, 0.05) is 6.20 Å². The van der Waals surface area contributed by atoms with E-state index in [0.29, 0.717) is 17.4 Å². The van der Waals surface area contributed by atoms with E-state index in [1.54, 1.807) is 11.1 Å². The molecule has 0 aliphatic heterocycles. The summed E-state index contributed by atoms with van der Waals surface area (Å²) in [6.45, 7) is 5.92. The van der Waals surface area contributed by atoms with Crippen LogP contribution in [0.5, 0.6) is 5.88 Å². The summed E-state index contributed by atoms with van der Waals surface area (Å²) in [5.74, 6) is 0.721. The number of hydrogen-bond acceptors (Lipinski definition) is 5. The number of hydrogen-bond donors (Lipinski definition) is 0. The predicted octanol–water partition coefficient (Wildman–Crippen LogP) is 5.00.